The second-order valence-electron chi connectivity index (χ2n) is 4.67. The van der Waals surface area contributed by atoms with Gasteiger partial charge < -0.3 is 10.4 Å². The van der Waals surface area contributed by atoms with Crippen molar-refractivity contribution in [2.45, 2.75) is 12.8 Å². The van der Waals surface area contributed by atoms with Crippen molar-refractivity contribution in [1.82, 2.24) is 0 Å². The molecule has 0 aliphatic rings. The average Bonchev–Trinajstić information content (AvgIpc) is 2.46. The van der Waals surface area contributed by atoms with Crippen molar-refractivity contribution in [1.29, 1.82) is 0 Å². The Morgan fingerprint density at radius 2 is 1.82 bits per heavy atom. The van der Waals surface area contributed by atoms with E-state index in [0.29, 0.717) is 12.1 Å². The second kappa shape index (κ2) is 7.04. The van der Waals surface area contributed by atoms with Crippen LogP contribution < -0.4 is 5.32 Å². The molecule has 0 aliphatic carbocycles. The van der Waals surface area contributed by atoms with E-state index in [9.17, 15) is 14.0 Å². The number of rotatable bonds is 5. The first-order valence-electron chi connectivity index (χ1n) is 6.53. The Morgan fingerprint density at radius 3 is 2.41 bits per heavy atom. The van der Waals surface area contributed by atoms with E-state index in [0.717, 1.165) is 17.7 Å². The molecule has 4 nitrogen and oxygen atoms in total. The number of halogens is 2. The van der Waals surface area contributed by atoms with E-state index in [2.05, 4.69) is 5.32 Å². The average molecular weight is 322 g/mol. The zero-order chi connectivity index (χ0) is 16.1. The van der Waals surface area contributed by atoms with Crippen LogP contribution in [0.1, 0.15) is 22.3 Å². The summed E-state index contributed by atoms with van der Waals surface area (Å²) in [6.07, 6.45) is 0.476. The number of carboxylic acid groups (broad SMARTS) is 1. The molecule has 0 fully saturated rings. The number of aliphatic carboxylic acids is 1. The van der Waals surface area contributed by atoms with Gasteiger partial charge in [-0.15, -0.1) is 0 Å². The van der Waals surface area contributed by atoms with Crippen LogP contribution in [0.25, 0.3) is 0 Å². The Balaban J connectivity index is 2.04. The minimum absolute atomic E-state index is 0.0376. The Hall–Kier alpha value is -2.40. The highest BCUT2D eigenvalue weighted by atomic mass is 35.5. The smallest absolute Gasteiger partial charge is 0.303 e. The molecule has 114 valence electrons. The molecule has 0 spiro atoms. The highest BCUT2D eigenvalue weighted by molar-refractivity contribution is 6.34. The summed E-state index contributed by atoms with van der Waals surface area (Å²) in [4.78, 5) is 22.6. The number of carbonyl (C=O) groups is 2. The van der Waals surface area contributed by atoms with Crippen molar-refractivity contribution in [2.24, 2.45) is 0 Å². The molecular weight excluding hydrogens is 309 g/mol. The summed E-state index contributed by atoms with van der Waals surface area (Å²) >= 11 is 5.83. The molecule has 0 saturated heterocycles. The number of hydrogen-bond donors (Lipinski definition) is 2. The fourth-order valence-corrected chi connectivity index (χ4v) is 2.13. The van der Waals surface area contributed by atoms with Crippen molar-refractivity contribution in [3.8, 4) is 0 Å². The maximum atomic E-state index is 13.0. The van der Waals surface area contributed by atoms with E-state index >= 15 is 0 Å². The van der Waals surface area contributed by atoms with Gasteiger partial charge in [0.25, 0.3) is 5.91 Å². The molecule has 0 aliphatic heterocycles. The Kier molecular flexibility index (Phi) is 5.12. The number of benzene rings is 2. The zero-order valence-corrected chi connectivity index (χ0v) is 12.2. The number of carbonyl (C=O) groups excluding carboxylic acids is 1. The monoisotopic (exact) mass is 321 g/mol. The molecule has 0 radical (unpaired) electrons. The van der Waals surface area contributed by atoms with Gasteiger partial charge in [0.15, 0.2) is 0 Å². The third kappa shape index (κ3) is 4.30. The van der Waals surface area contributed by atoms with Gasteiger partial charge in [-0.2, -0.15) is 0 Å². The van der Waals surface area contributed by atoms with E-state index in [-0.39, 0.29) is 17.0 Å². The van der Waals surface area contributed by atoms with Crippen LogP contribution in [0.5, 0.6) is 0 Å². The Morgan fingerprint density at radius 1 is 1.14 bits per heavy atom. The van der Waals surface area contributed by atoms with Gasteiger partial charge >= 0.3 is 5.97 Å². The van der Waals surface area contributed by atoms with Gasteiger partial charge in [0.1, 0.15) is 5.82 Å². The fourth-order valence-electron chi connectivity index (χ4n) is 1.88. The maximum absolute atomic E-state index is 13.0. The maximum Gasteiger partial charge on any atom is 0.303 e. The lowest BCUT2D eigenvalue weighted by atomic mass is 10.1. The molecular formula is C16H13ClFNO3. The van der Waals surface area contributed by atoms with E-state index in [1.54, 1.807) is 24.3 Å². The molecule has 0 saturated carbocycles. The van der Waals surface area contributed by atoms with Crippen molar-refractivity contribution in [3.05, 3.63) is 64.4 Å². The first-order valence-corrected chi connectivity index (χ1v) is 6.90. The molecule has 0 bridgehead atoms. The summed E-state index contributed by atoms with van der Waals surface area (Å²) in [5, 5.41) is 11.3. The number of amides is 1. The molecule has 2 aromatic carbocycles. The normalized spacial score (nSPS) is 10.3. The fraction of sp³-hybridized carbons (Fsp3) is 0.125. The summed E-state index contributed by atoms with van der Waals surface area (Å²) in [6.45, 7) is 0. The Bertz CT molecular complexity index is 701. The largest absolute Gasteiger partial charge is 0.481 e. The lowest BCUT2D eigenvalue weighted by molar-refractivity contribution is -0.136. The molecule has 0 heterocycles. The molecule has 2 aromatic rings. The third-order valence-corrected chi connectivity index (χ3v) is 3.33. The molecule has 0 atom stereocenters. The van der Waals surface area contributed by atoms with E-state index in [1.807, 2.05) is 0 Å². The number of nitrogens with one attached hydrogen (secondary N) is 1. The lowest BCUT2D eigenvalue weighted by Crippen LogP contribution is -2.12. The number of carboxylic acids is 1. The van der Waals surface area contributed by atoms with Gasteiger partial charge in [-0.05, 0) is 42.3 Å². The predicted octanol–water partition coefficient (Wildman–Crippen LogP) is 3.75. The molecule has 22 heavy (non-hydrogen) atoms. The summed E-state index contributed by atoms with van der Waals surface area (Å²) in [7, 11) is 0. The molecule has 6 heteroatoms. The molecule has 2 N–H and O–H groups in total. The number of hydrogen-bond acceptors (Lipinski definition) is 2. The van der Waals surface area contributed by atoms with E-state index in [1.165, 1.54) is 6.07 Å². The third-order valence-electron chi connectivity index (χ3n) is 3.02. The van der Waals surface area contributed by atoms with Crippen molar-refractivity contribution < 1.29 is 19.1 Å². The SMILES string of the molecule is O=C(O)CCc1ccc(NC(=O)c2ccc(F)cc2Cl)cc1. The molecule has 0 aromatic heterocycles. The minimum atomic E-state index is -0.858. The van der Waals surface area contributed by atoms with Crippen LogP contribution in [0, 0.1) is 5.82 Å². The highest BCUT2D eigenvalue weighted by Crippen LogP contribution is 2.19. The highest BCUT2D eigenvalue weighted by Gasteiger charge is 2.11. The van der Waals surface area contributed by atoms with Crippen LogP contribution in [0.2, 0.25) is 5.02 Å². The van der Waals surface area contributed by atoms with E-state index < -0.39 is 17.7 Å². The topological polar surface area (TPSA) is 66.4 Å². The van der Waals surface area contributed by atoms with Gasteiger partial charge in [0.2, 0.25) is 0 Å². The molecule has 0 unspecified atom stereocenters. The van der Waals surface area contributed by atoms with Gasteiger partial charge in [-0.3, -0.25) is 9.59 Å². The van der Waals surface area contributed by atoms with Gasteiger partial charge in [-0.25, -0.2) is 4.39 Å². The van der Waals surface area contributed by atoms with Gasteiger partial charge in [-0.1, -0.05) is 23.7 Å². The summed E-state index contributed by atoms with van der Waals surface area (Å²) in [6, 6.07) is 10.4. The summed E-state index contributed by atoms with van der Waals surface area (Å²) < 4.78 is 13.0. The van der Waals surface area contributed by atoms with Crippen molar-refractivity contribution in [2.75, 3.05) is 5.32 Å². The predicted molar refractivity (Wildman–Crippen MR) is 81.8 cm³/mol. The van der Waals surface area contributed by atoms with Gasteiger partial charge in [0.05, 0.1) is 10.6 Å². The number of aryl methyl sites for hydroxylation is 1. The van der Waals surface area contributed by atoms with Crippen LogP contribution in [0.15, 0.2) is 42.5 Å². The summed E-state index contributed by atoms with van der Waals surface area (Å²) in [5.74, 6) is -1.81. The molecule has 1 amide bonds. The lowest BCUT2D eigenvalue weighted by Gasteiger charge is -2.07. The van der Waals surface area contributed by atoms with E-state index in [4.69, 9.17) is 16.7 Å². The number of anilines is 1. The van der Waals surface area contributed by atoms with Crippen LogP contribution in [0.4, 0.5) is 10.1 Å². The zero-order valence-electron chi connectivity index (χ0n) is 11.5. The van der Waals surface area contributed by atoms with Gasteiger partial charge in [0, 0.05) is 12.1 Å². The Labute approximate surface area is 131 Å². The second-order valence-corrected chi connectivity index (χ2v) is 5.08. The van der Waals surface area contributed by atoms with Crippen LogP contribution in [-0.4, -0.2) is 17.0 Å². The minimum Gasteiger partial charge on any atom is -0.481 e. The molecule has 2 rings (SSSR count). The van der Waals surface area contributed by atoms with Crippen molar-refractivity contribution >= 4 is 29.2 Å². The quantitative estimate of drug-likeness (QED) is 0.881. The first kappa shape index (κ1) is 16.0. The summed E-state index contributed by atoms with van der Waals surface area (Å²) in [5.41, 5.74) is 1.59. The van der Waals surface area contributed by atoms with Crippen LogP contribution >= 0.6 is 11.6 Å². The van der Waals surface area contributed by atoms with Crippen LogP contribution in [0.3, 0.4) is 0 Å². The first-order chi connectivity index (χ1) is 10.5. The van der Waals surface area contributed by atoms with Crippen LogP contribution in [-0.2, 0) is 11.2 Å². The van der Waals surface area contributed by atoms with Crippen molar-refractivity contribution in [3.63, 3.8) is 0 Å². The standard InChI is InChI=1S/C16H13ClFNO3/c17-14-9-11(18)4-7-13(14)16(22)19-12-5-1-10(2-6-12)3-8-15(20)21/h1-2,4-7,9H,3,8H2,(H,19,22)(H,20,21).